The third kappa shape index (κ3) is 2.48. The summed E-state index contributed by atoms with van der Waals surface area (Å²) in [4.78, 5) is 0. The molecule has 2 aromatic carbocycles. The maximum absolute atomic E-state index is 10.4. The number of aliphatic hydroxyl groups is 1. The van der Waals surface area contributed by atoms with Gasteiger partial charge in [-0.25, -0.2) is 0 Å². The zero-order chi connectivity index (χ0) is 14.1. The molecule has 1 aliphatic heterocycles. The number of halogens is 1. The lowest BCUT2D eigenvalue weighted by Crippen LogP contribution is -2.20. The smallest absolute Gasteiger partial charge is 0.127 e. The van der Waals surface area contributed by atoms with E-state index in [2.05, 4.69) is 35.0 Å². The molecule has 104 valence electrons. The number of rotatable bonds is 2. The predicted octanol–water partition coefficient (Wildman–Crippen LogP) is 4.57. The maximum Gasteiger partial charge on any atom is 0.127 e. The van der Waals surface area contributed by atoms with Crippen molar-refractivity contribution in [1.29, 1.82) is 0 Å². The average Bonchev–Trinajstić information content (AvgIpc) is 2.46. The van der Waals surface area contributed by atoms with Gasteiger partial charge in [-0.2, -0.15) is 0 Å². The number of benzene rings is 2. The van der Waals surface area contributed by atoms with E-state index in [9.17, 15) is 5.11 Å². The first-order chi connectivity index (χ1) is 9.69. The predicted molar refractivity (Wildman–Crippen MR) is 82.9 cm³/mol. The van der Waals surface area contributed by atoms with Gasteiger partial charge in [0.15, 0.2) is 0 Å². The van der Waals surface area contributed by atoms with Crippen LogP contribution in [0.4, 0.5) is 0 Å². The van der Waals surface area contributed by atoms with Crippen molar-refractivity contribution in [3.63, 3.8) is 0 Å². The Labute approximate surface area is 127 Å². The van der Waals surface area contributed by atoms with Crippen molar-refractivity contribution in [3.05, 3.63) is 63.6 Å². The average molecular weight is 333 g/mol. The monoisotopic (exact) mass is 332 g/mol. The third-order valence-corrected chi connectivity index (χ3v) is 4.32. The fourth-order valence-corrected chi connectivity index (χ4v) is 3.12. The van der Waals surface area contributed by atoms with Crippen LogP contribution >= 0.6 is 15.9 Å². The molecule has 1 unspecified atom stereocenters. The van der Waals surface area contributed by atoms with E-state index >= 15 is 0 Å². The van der Waals surface area contributed by atoms with E-state index in [-0.39, 0.29) is 6.10 Å². The van der Waals surface area contributed by atoms with Gasteiger partial charge in [-0.15, -0.1) is 0 Å². The lowest BCUT2D eigenvalue weighted by atomic mass is 9.92. The summed E-state index contributed by atoms with van der Waals surface area (Å²) in [6.45, 7) is 2.14. The summed E-state index contributed by atoms with van der Waals surface area (Å²) in [5.74, 6) is 0.772. The molecule has 0 radical (unpaired) electrons. The number of fused-ring (bicyclic) bond motifs is 1. The van der Waals surface area contributed by atoms with Gasteiger partial charge in [-0.3, -0.25) is 0 Å². The van der Waals surface area contributed by atoms with Crippen LogP contribution in [-0.4, -0.2) is 5.11 Å². The van der Waals surface area contributed by atoms with E-state index in [0.717, 1.165) is 22.2 Å². The molecule has 0 spiro atoms. The summed E-state index contributed by atoms with van der Waals surface area (Å²) in [6.07, 6.45) is 1.02. The Morgan fingerprint density at radius 1 is 1.20 bits per heavy atom. The second-order valence-electron chi connectivity index (χ2n) is 5.09. The zero-order valence-corrected chi connectivity index (χ0v) is 12.9. The molecule has 0 saturated carbocycles. The Morgan fingerprint density at radius 2 is 2.00 bits per heavy atom. The molecule has 1 aliphatic rings. The first kappa shape index (κ1) is 13.7. The van der Waals surface area contributed by atoms with Crippen LogP contribution < -0.4 is 4.74 Å². The summed E-state index contributed by atoms with van der Waals surface area (Å²) >= 11 is 3.45. The minimum Gasteiger partial charge on any atom is -0.485 e. The molecule has 20 heavy (non-hydrogen) atoms. The molecule has 1 N–H and O–H groups in total. The van der Waals surface area contributed by atoms with Crippen molar-refractivity contribution in [2.24, 2.45) is 0 Å². The zero-order valence-electron chi connectivity index (χ0n) is 11.3. The number of hydrogen-bond donors (Lipinski definition) is 1. The molecule has 0 bridgehead atoms. The molecule has 2 aromatic rings. The van der Waals surface area contributed by atoms with Gasteiger partial charge in [-0.1, -0.05) is 53.2 Å². The lowest BCUT2D eigenvalue weighted by Gasteiger charge is -2.31. The van der Waals surface area contributed by atoms with Crippen LogP contribution in [0, 0.1) is 0 Å². The van der Waals surface area contributed by atoms with Crippen molar-refractivity contribution in [3.8, 4) is 5.75 Å². The molecular formula is C17H17BrO2. The van der Waals surface area contributed by atoms with Crippen molar-refractivity contribution in [1.82, 2.24) is 0 Å². The highest BCUT2D eigenvalue weighted by atomic mass is 79.9. The number of aryl methyl sites for hydroxylation is 1. The summed E-state index contributed by atoms with van der Waals surface area (Å²) < 4.78 is 7.09. The van der Waals surface area contributed by atoms with Crippen LogP contribution in [0.2, 0.25) is 0 Å². The van der Waals surface area contributed by atoms with Crippen LogP contribution in [0.25, 0.3) is 0 Å². The first-order valence-corrected chi connectivity index (χ1v) is 7.70. The minimum atomic E-state index is -0.471. The second kappa shape index (κ2) is 5.58. The Bertz CT molecular complexity index is 624. The molecule has 0 aliphatic carbocycles. The van der Waals surface area contributed by atoms with Gasteiger partial charge in [0.05, 0.1) is 6.10 Å². The molecule has 1 heterocycles. The topological polar surface area (TPSA) is 29.5 Å². The van der Waals surface area contributed by atoms with E-state index in [0.29, 0.717) is 6.42 Å². The Morgan fingerprint density at radius 3 is 2.80 bits per heavy atom. The standard InChI is InChI=1S/C17H17BrO2/c1-2-11-5-3-4-6-13(11)17-10-15(19)14-8-7-12(18)9-16(14)20-17/h3-9,15,17,19H,2,10H2,1H3/t15-,17?/m1/s1. The van der Waals surface area contributed by atoms with Crippen LogP contribution in [0.3, 0.4) is 0 Å². The third-order valence-electron chi connectivity index (χ3n) is 3.82. The van der Waals surface area contributed by atoms with E-state index in [1.807, 2.05) is 30.3 Å². The lowest BCUT2D eigenvalue weighted by molar-refractivity contribution is 0.0653. The molecule has 2 atom stereocenters. The molecule has 0 saturated heterocycles. The fourth-order valence-electron chi connectivity index (χ4n) is 2.78. The Hall–Kier alpha value is -1.32. The highest BCUT2D eigenvalue weighted by molar-refractivity contribution is 9.10. The normalized spacial score (nSPS) is 21.1. The number of aliphatic hydroxyl groups excluding tert-OH is 1. The van der Waals surface area contributed by atoms with Crippen molar-refractivity contribution in [2.45, 2.75) is 32.0 Å². The van der Waals surface area contributed by atoms with E-state index in [4.69, 9.17) is 4.74 Å². The summed E-state index contributed by atoms with van der Waals surface area (Å²) in [5.41, 5.74) is 3.33. The summed E-state index contributed by atoms with van der Waals surface area (Å²) in [5, 5.41) is 10.4. The molecular weight excluding hydrogens is 316 g/mol. The van der Waals surface area contributed by atoms with E-state index in [1.54, 1.807) is 0 Å². The summed E-state index contributed by atoms with van der Waals surface area (Å²) in [7, 11) is 0. The molecule has 0 aromatic heterocycles. The molecule has 3 heteroatoms. The number of ether oxygens (including phenoxy) is 1. The second-order valence-corrected chi connectivity index (χ2v) is 6.01. The summed E-state index contributed by atoms with van der Waals surface area (Å²) in [6, 6.07) is 14.1. The van der Waals surface area contributed by atoms with Crippen LogP contribution in [0.5, 0.6) is 5.75 Å². The van der Waals surface area contributed by atoms with Gasteiger partial charge in [0.25, 0.3) is 0 Å². The Balaban J connectivity index is 1.98. The SMILES string of the molecule is CCc1ccccc1C1C[C@@H](O)c2ccc(Br)cc2O1. The van der Waals surface area contributed by atoms with Gasteiger partial charge in [0.1, 0.15) is 11.9 Å². The number of hydrogen-bond acceptors (Lipinski definition) is 2. The molecule has 2 nitrogen and oxygen atoms in total. The molecule has 0 amide bonds. The molecule has 0 fully saturated rings. The largest absolute Gasteiger partial charge is 0.485 e. The van der Waals surface area contributed by atoms with Crippen LogP contribution in [-0.2, 0) is 6.42 Å². The van der Waals surface area contributed by atoms with Gasteiger partial charge in [0.2, 0.25) is 0 Å². The van der Waals surface area contributed by atoms with Crippen molar-refractivity contribution < 1.29 is 9.84 Å². The van der Waals surface area contributed by atoms with E-state index < -0.39 is 6.10 Å². The molecule has 3 rings (SSSR count). The van der Waals surface area contributed by atoms with Crippen molar-refractivity contribution >= 4 is 15.9 Å². The maximum atomic E-state index is 10.4. The van der Waals surface area contributed by atoms with Crippen molar-refractivity contribution in [2.75, 3.05) is 0 Å². The van der Waals surface area contributed by atoms with Gasteiger partial charge >= 0.3 is 0 Å². The highest BCUT2D eigenvalue weighted by Crippen LogP contribution is 2.42. The van der Waals surface area contributed by atoms with Gasteiger partial charge in [-0.05, 0) is 29.7 Å². The van der Waals surface area contributed by atoms with Crippen LogP contribution in [0.1, 0.15) is 42.2 Å². The quantitative estimate of drug-likeness (QED) is 0.872. The Kier molecular flexibility index (Phi) is 3.81. The van der Waals surface area contributed by atoms with Crippen LogP contribution in [0.15, 0.2) is 46.9 Å². The highest BCUT2D eigenvalue weighted by Gasteiger charge is 2.29. The minimum absolute atomic E-state index is 0.0806. The van der Waals surface area contributed by atoms with E-state index in [1.165, 1.54) is 11.1 Å². The van der Waals surface area contributed by atoms with Gasteiger partial charge < -0.3 is 9.84 Å². The van der Waals surface area contributed by atoms with Gasteiger partial charge in [0, 0.05) is 16.5 Å². The fraction of sp³-hybridized carbons (Fsp3) is 0.294. The first-order valence-electron chi connectivity index (χ1n) is 6.91.